The molecule has 0 spiro atoms. The van der Waals surface area contributed by atoms with E-state index in [1.807, 2.05) is 12.1 Å². The minimum Gasteiger partial charge on any atom is -0.493 e. The van der Waals surface area contributed by atoms with Crippen LogP contribution in [0.1, 0.15) is 36.8 Å². The molecular formula is C15H20ClNO2. The molecule has 19 heavy (non-hydrogen) atoms. The first-order valence-corrected chi connectivity index (χ1v) is 7.35. The summed E-state index contributed by atoms with van der Waals surface area (Å²) < 4.78 is 11.5. The van der Waals surface area contributed by atoms with E-state index in [1.54, 1.807) is 0 Å². The second-order valence-corrected chi connectivity index (χ2v) is 6.15. The van der Waals surface area contributed by atoms with Gasteiger partial charge < -0.3 is 15.2 Å². The molecule has 0 saturated heterocycles. The van der Waals surface area contributed by atoms with Crippen LogP contribution in [-0.4, -0.2) is 18.8 Å². The number of halogens is 1. The van der Waals surface area contributed by atoms with Crippen LogP contribution in [0.15, 0.2) is 12.1 Å². The molecule has 0 bridgehead atoms. The Hall–Kier alpha value is -0.770. The third-order valence-electron chi connectivity index (χ3n) is 4.07. The molecule has 1 aromatic carbocycles. The van der Waals surface area contributed by atoms with Gasteiger partial charge in [-0.05, 0) is 30.5 Å². The summed E-state index contributed by atoms with van der Waals surface area (Å²) in [7, 11) is 0. The first kappa shape index (κ1) is 13.2. The average molecular weight is 282 g/mol. The third kappa shape index (κ3) is 2.88. The molecule has 3 nitrogen and oxygen atoms in total. The van der Waals surface area contributed by atoms with Crippen molar-refractivity contribution in [2.45, 2.75) is 44.2 Å². The van der Waals surface area contributed by atoms with Crippen LogP contribution in [0.2, 0.25) is 5.02 Å². The summed E-state index contributed by atoms with van der Waals surface area (Å²) >= 11 is 6.13. The van der Waals surface area contributed by atoms with E-state index in [4.69, 9.17) is 26.8 Å². The van der Waals surface area contributed by atoms with Crippen molar-refractivity contribution >= 4 is 11.6 Å². The maximum absolute atomic E-state index is 6.28. The number of hydrogen-bond donors (Lipinski definition) is 1. The van der Waals surface area contributed by atoms with Crippen molar-refractivity contribution in [3.63, 3.8) is 0 Å². The summed E-state index contributed by atoms with van der Waals surface area (Å²) in [5, 5.41) is 0.756. The van der Waals surface area contributed by atoms with Gasteiger partial charge in [0.2, 0.25) is 0 Å². The molecule has 2 aliphatic rings. The van der Waals surface area contributed by atoms with E-state index < -0.39 is 0 Å². The summed E-state index contributed by atoms with van der Waals surface area (Å²) in [4.78, 5) is 0. The van der Waals surface area contributed by atoms with Gasteiger partial charge in [0.05, 0.1) is 19.8 Å². The topological polar surface area (TPSA) is 44.5 Å². The third-order valence-corrected chi connectivity index (χ3v) is 4.29. The minimum absolute atomic E-state index is 0.122. The highest BCUT2D eigenvalue weighted by molar-refractivity contribution is 6.30. The second-order valence-electron chi connectivity index (χ2n) is 5.71. The van der Waals surface area contributed by atoms with Gasteiger partial charge in [-0.3, -0.25) is 0 Å². The monoisotopic (exact) mass is 281 g/mol. The number of rotatable bonds is 4. The molecule has 4 heteroatoms. The molecule has 0 radical (unpaired) electrons. The fraction of sp³-hybridized carbons (Fsp3) is 0.600. The van der Waals surface area contributed by atoms with Crippen molar-refractivity contribution in [1.29, 1.82) is 0 Å². The zero-order valence-electron chi connectivity index (χ0n) is 11.1. The fourth-order valence-corrected chi connectivity index (χ4v) is 3.30. The lowest BCUT2D eigenvalue weighted by Gasteiger charge is -2.23. The highest BCUT2D eigenvalue weighted by Crippen LogP contribution is 2.34. The van der Waals surface area contributed by atoms with Crippen molar-refractivity contribution in [1.82, 2.24) is 0 Å². The van der Waals surface area contributed by atoms with Crippen molar-refractivity contribution in [3.8, 4) is 5.75 Å². The van der Waals surface area contributed by atoms with Crippen molar-refractivity contribution in [2.24, 2.45) is 5.73 Å². The van der Waals surface area contributed by atoms with Gasteiger partial charge in [-0.25, -0.2) is 0 Å². The van der Waals surface area contributed by atoms with Crippen LogP contribution in [0.4, 0.5) is 0 Å². The second kappa shape index (κ2) is 5.31. The Balaban J connectivity index is 1.64. The lowest BCUT2D eigenvalue weighted by Crippen LogP contribution is -2.41. The molecule has 1 heterocycles. The lowest BCUT2D eigenvalue weighted by molar-refractivity contribution is 0.0738. The Bertz CT molecular complexity index is 469. The number of ether oxygens (including phenoxy) is 2. The van der Waals surface area contributed by atoms with Crippen LogP contribution in [0.25, 0.3) is 0 Å². The predicted molar refractivity (Wildman–Crippen MR) is 75.7 cm³/mol. The molecule has 1 aliphatic heterocycles. The average Bonchev–Trinajstić information content (AvgIpc) is 2.98. The molecule has 1 saturated carbocycles. The first-order chi connectivity index (χ1) is 9.16. The first-order valence-electron chi connectivity index (χ1n) is 6.97. The molecule has 0 aromatic heterocycles. The quantitative estimate of drug-likeness (QED) is 0.922. The number of nitrogens with two attached hydrogens (primary N) is 1. The van der Waals surface area contributed by atoms with Gasteiger partial charge >= 0.3 is 0 Å². The standard InChI is InChI=1S/C15H20ClNO2/c16-13-7-11-3-6-19-14(11)12(8-13)9-18-10-15(17)4-1-2-5-15/h7-8H,1-6,9-10,17H2. The van der Waals surface area contributed by atoms with Crippen LogP contribution in [0.5, 0.6) is 5.75 Å². The van der Waals surface area contributed by atoms with Crippen LogP contribution in [0, 0.1) is 0 Å². The summed E-state index contributed by atoms with van der Waals surface area (Å²) in [6.07, 6.45) is 5.50. The molecule has 0 atom stereocenters. The van der Waals surface area contributed by atoms with Gasteiger partial charge in [-0.1, -0.05) is 24.4 Å². The smallest absolute Gasteiger partial charge is 0.128 e. The van der Waals surface area contributed by atoms with E-state index in [0.717, 1.165) is 42.2 Å². The van der Waals surface area contributed by atoms with Crippen molar-refractivity contribution in [3.05, 3.63) is 28.3 Å². The highest BCUT2D eigenvalue weighted by atomic mass is 35.5. The zero-order valence-corrected chi connectivity index (χ0v) is 11.8. The van der Waals surface area contributed by atoms with Crippen LogP contribution < -0.4 is 10.5 Å². The van der Waals surface area contributed by atoms with Crippen molar-refractivity contribution in [2.75, 3.05) is 13.2 Å². The van der Waals surface area contributed by atoms with Gasteiger partial charge in [0, 0.05) is 22.5 Å². The van der Waals surface area contributed by atoms with Gasteiger partial charge in [0.25, 0.3) is 0 Å². The lowest BCUT2D eigenvalue weighted by atomic mass is 10.0. The molecule has 1 aromatic rings. The van der Waals surface area contributed by atoms with Gasteiger partial charge in [-0.2, -0.15) is 0 Å². The van der Waals surface area contributed by atoms with E-state index in [9.17, 15) is 0 Å². The summed E-state index contributed by atoms with van der Waals surface area (Å²) in [5.41, 5.74) is 8.39. The Morgan fingerprint density at radius 1 is 1.32 bits per heavy atom. The van der Waals surface area contributed by atoms with Crippen LogP contribution in [-0.2, 0) is 17.8 Å². The summed E-state index contributed by atoms with van der Waals surface area (Å²) in [5.74, 6) is 0.960. The molecule has 104 valence electrons. The van der Waals surface area contributed by atoms with E-state index in [2.05, 4.69) is 0 Å². The fourth-order valence-electron chi connectivity index (χ4n) is 3.04. The molecule has 0 unspecified atom stereocenters. The predicted octanol–water partition coefficient (Wildman–Crippen LogP) is 3.06. The summed E-state index contributed by atoms with van der Waals surface area (Å²) in [6, 6.07) is 3.92. The Kier molecular flexibility index (Phi) is 3.70. The molecule has 1 aliphatic carbocycles. The normalized spacial score (nSPS) is 20.3. The Morgan fingerprint density at radius 2 is 2.11 bits per heavy atom. The van der Waals surface area contributed by atoms with E-state index in [-0.39, 0.29) is 5.54 Å². The Morgan fingerprint density at radius 3 is 2.89 bits per heavy atom. The molecular weight excluding hydrogens is 262 g/mol. The van der Waals surface area contributed by atoms with Gasteiger partial charge in [0.15, 0.2) is 0 Å². The highest BCUT2D eigenvalue weighted by Gasteiger charge is 2.29. The molecule has 3 rings (SSSR count). The van der Waals surface area contributed by atoms with Gasteiger partial charge in [0.1, 0.15) is 5.75 Å². The maximum atomic E-state index is 6.28. The Labute approximate surface area is 119 Å². The molecule has 1 fully saturated rings. The van der Waals surface area contributed by atoms with E-state index >= 15 is 0 Å². The SMILES string of the molecule is NC1(COCc2cc(Cl)cc3c2OCC3)CCCC1. The minimum atomic E-state index is -0.122. The van der Waals surface area contributed by atoms with Gasteiger partial charge in [-0.15, -0.1) is 0 Å². The zero-order chi connectivity index (χ0) is 13.3. The van der Waals surface area contributed by atoms with E-state index in [0.29, 0.717) is 13.2 Å². The number of benzene rings is 1. The number of hydrogen-bond acceptors (Lipinski definition) is 3. The summed E-state index contributed by atoms with van der Waals surface area (Å²) in [6.45, 7) is 1.89. The van der Waals surface area contributed by atoms with Crippen molar-refractivity contribution < 1.29 is 9.47 Å². The largest absolute Gasteiger partial charge is 0.493 e. The van der Waals surface area contributed by atoms with E-state index in [1.165, 1.54) is 18.4 Å². The number of fused-ring (bicyclic) bond motifs is 1. The van der Waals surface area contributed by atoms with Crippen LogP contribution >= 0.6 is 11.6 Å². The van der Waals surface area contributed by atoms with Crippen LogP contribution in [0.3, 0.4) is 0 Å². The molecule has 0 amide bonds. The molecule has 2 N–H and O–H groups in total. The maximum Gasteiger partial charge on any atom is 0.128 e.